The molecule has 0 radical (unpaired) electrons. The number of methoxy groups -OCH3 is 1. The van der Waals surface area contributed by atoms with Crippen molar-refractivity contribution in [1.29, 1.82) is 0 Å². The number of benzene rings is 1. The predicted octanol–water partition coefficient (Wildman–Crippen LogP) is 2.81. The maximum absolute atomic E-state index is 12.5. The molecular formula is C16H26N2O2. The first-order valence-electron chi connectivity index (χ1n) is 7.23. The number of hydrogen-bond acceptors (Lipinski definition) is 3. The fourth-order valence-corrected chi connectivity index (χ4v) is 2.03. The Labute approximate surface area is 121 Å². The normalized spacial score (nSPS) is 10.7. The number of ether oxygens (including phenoxy) is 1. The first kappa shape index (κ1) is 16.5. The van der Waals surface area contributed by atoms with Gasteiger partial charge in [-0.1, -0.05) is 26.0 Å². The number of amides is 1. The average molecular weight is 278 g/mol. The summed E-state index contributed by atoms with van der Waals surface area (Å²) in [5.74, 6) is 1.38. The summed E-state index contributed by atoms with van der Waals surface area (Å²) < 4.78 is 5.36. The second-order valence-corrected chi connectivity index (χ2v) is 5.29. The molecule has 0 fully saturated rings. The van der Waals surface area contributed by atoms with Crippen molar-refractivity contribution in [3.63, 3.8) is 0 Å². The van der Waals surface area contributed by atoms with E-state index in [2.05, 4.69) is 13.8 Å². The molecule has 4 nitrogen and oxygen atoms in total. The van der Waals surface area contributed by atoms with Gasteiger partial charge < -0.3 is 15.4 Å². The summed E-state index contributed by atoms with van der Waals surface area (Å²) in [6.45, 7) is 5.46. The van der Waals surface area contributed by atoms with Crippen molar-refractivity contribution in [3.05, 3.63) is 24.3 Å². The van der Waals surface area contributed by atoms with Crippen LogP contribution in [0.15, 0.2) is 24.3 Å². The van der Waals surface area contributed by atoms with E-state index in [1.165, 1.54) is 0 Å². The molecule has 20 heavy (non-hydrogen) atoms. The van der Waals surface area contributed by atoms with Crippen LogP contribution in [0.4, 0.5) is 5.69 Å². The van der Waals surface area contributed by atoms with Crippen LogP contribution in [0.5, 0.6) is 5.75 Å². The van der Waals surface area contributed by atoms with E-state index in [1.807, 2.05) is 24.3 Å². The highest BCUT2D eigenvalue weighted by Crippen LogP contribution is 2.28. The van der Waals surface area contributed by atoms with Gasteiger partial charge in [0.25, 0.3) is 0 Å². The Bertz CT molecular complexity index is 419. The second kappa shape index (κ2) is 8.59. The molecule has 1 aromatic carbocycles. The number of nitrogens with two attached hydrogens (primary N) is 1. The van der Waals surface area contributed by atoms with E-state index in [0.717, 1.165) is 24.3 Å². The summed E-state index contributed by atoms with van der Waals surface area (Å²) in [5, 5.41) is 0. The number of para-hydroxylation sites is 2. The van der Waals surface area contributed by atoms with Gasteiger partial charge in [0.15, 0.2) is 0 Å². The fraction of sp³-hybridized carbons (Fsp3) is 0.562. The molecule has 0 spiro atoms. The quantitative estimate of drug-likeness (QED) is 0.795. The van der Waals surface area contributed by atoms with Crippen LogP contribution in [-0.2, 0) is 4.79 Å². The average Bonchev–Trinajstić information content (AvgIpc) is 2.45. The molecule has 0 aromatic heterocycles. The molecule has 0 aliphatic heterocycles. The third kappa shape index (κ3) is 4.85. The van der Waals surface area contributed by atoms with E-state index >= 15 is 0 Å². The van der Waals surface area contributed by atoms with E-state index in [0.29, 0.717) is 25.4 Å². The van der Waals surface area contributed by atoms with Crippen LogP contribution in [-0.4, -0.2) is 26.1 Å². The molecule has 0 atom stereocenters. The lowest BCUT2D eigenvalue weighted by molar-refractivity contribution is -0.118. The van der Waals surface area contributed by atoms with Crippen molar-refractivity contribution in [2.45, 2.75) is 33.1 Å². The number of nitrogens with zero attached hydrogens (tertiary/aromatic N) is 1. The number of carbonyl (C=O) groups excluding carboxylic acids is 1. The maximum atomic E-state index is 12.5. The molecule has 0 saturated heterocycles. The van der Waals surface area contributed by atoms with Crippen LogP contribution in [0.25, 0.3) is 0 Å². The zero-order valence-electron chi connectivity index (χ0n) is 12.8. The van der Waals surface area contributed by atoms with Gasteiger partial charge in [-0.3, -0.25) is 4.79 Å². The molecule has 0 aliphatic rings. The van der Waals surface area contributed by atoms with E-state index in [-0.39, 0.29) is 5.91 Å². The Hall–Kier alpha value is -1.55. The first-order valence-corrected chi connectivity index (χ1v) is 7.23. The minimum Gasteiger partial charge on any atom is -0.495 e. The standard InChI is InChI=1S/C16H26N2O2/c1-13(2)9-10-16(19)18(12-6-11-17)14-7-4-5-8-15(14)20-3/h4-5,7-8,13H,6,9-12,17H2,1-3H3. The molecule has 4 heteroatoms. The van der Waals surface area contributed by atoms with Crippen molar-refractivity contribution in [1.82, 2.24) is 0 Å². The number of anilines is 1. The maximum Gasteiger partial charge on any atom is 0.227 e. The molecule has 0 bridgehead atoms. The minimum absolute atomic E-state index is 0.136. The van der Waals surface area contributed by atoms with Crippen LogP contribution in [0.1, 0.15) is 33.1 Å². The summed E-state index contributed by atoms with van der Waals surface area (Å²) in [5.41, 5.74) is 6.41. The zero-order valence-corrected chi connectivity index (χ0v) is 12.8. The minimum atomic E-state index is 0.136. The second-order valence-electron chi connectivity index (χ2n) is 5.29. The zero-order chi connectivity index (χ0) is 15.0. The molecule has 1 amide bonds. The Balaban J connectivity index is 2.90. The number of hydrogen-bond donors (Lipinski definition) is 1. The lowest BCUT2D eigenvalue weighted by Gasteiger charge is -2.25. The fourth-order valence-electron chi connectivity index (χ4n) is 2.03. The van der Waals surface area contributed by atoms with Gasteiger partial charge in [0.05, 0.1) is 12.8 Å². The Morgan fingerprint density at radius 2 is 2.05 bits per heavy atom. The predicted molar refractivity (Wildman–Crippen MR) is 83.1 cm³/mol. The molecule has 0 heterocycles. The number of carbonyl (C=O) groups is 1. The molecule has 0 unspecified atom stereocenters. The highest BCUT2D eigenvalue weighted by atomic mass is 16.5. The van der Waals surface area contributed by atoms with Crippen LogP contribution in [0.3, 0.4) is 0 Å². The number of rotatable bonds is 8. The van der Waals surface area contributed by atoms with Gasteiger partial charge in [0.1, 0.15) is 5.75 Å². The Morgan fingerprint density at radius 1 is 1.35 bits per heavy atom. The molecule has 0 saturated carbocycles. The van der Waals surface area contributed by atoms with Gasteiger partial charge in [-0.15, -0.1) is 0 Å². The summed E-state index contributed by atoms with van der Waals surface area (Å²) >= 11 is 0. The van der Waals surface area contributed by atoms with Crippen molar-refractivity contribution in [2.24, 2.45) is 11.7 Å². The van der Waals surface area contributed by atoms with E-state index in [1.54, 1.807) is 12.0 Å². The van der Waals surface area contributed by atoms with Crippen LogP contribution in [0.2, 0.25) is 0 Å². The Kier molecular flexibility index (Phi) is 7.09. The van der Waals surface area contributed by atoms with Crippen molar-refractivity contribution >= 4 is 11.6 Å². The van der Waals surface area contributed by atoms with Gasteiger partial charge in [0, 0.05) is 13.0 Å². The van der Waals surface area contributed by atoms with Gasteiger partial charge in [-0.25, -0.2) is 0 Å². The SMILES string of the molecule is COc1ccccc1N(CCCN)C(=O)CCC(C)C. The summed E-state index contributed by atoms with van der Waals surface area (Å²) in [6, 6.07) is 7.62. The molecule has 1 aromatic rings. The third-order valence-corrected chi connectivity index (χ3v) is 3.20. The smallest absolute Gasteiger partial charge is 0.227 e. The van der Waals surface area contributed by atoms with Gasteiger partial charge in [-0.05, 0) is 37.4 Å². The monoisotopic (exact) mass is 278 g/mol. The van der Waals surface area contributed by atoms with Crippen molar-refractivity contribution < 1.29 is 9.53 Å². The van der Waals surface area contributed by atoms with Gasteiger partial charge >= 0.3 is 0 Å². The molecular weight excluding hydrogens is 252 g/mol. The van der Waals surface area contributed by atoms with E-state index in [9.17, 15) is 4.79 Å². The van der Waals surface area contributed by atoms with Crippen LogP contribution >= 0.6 is 0 Å². The van der Waals surface area contributed by atoms with Gasteiger partial charge in [0.2, 0.25) is 5.91 Å². The molecule has 1 rings (SSSR count). The van der Waals surface area contributed by atoms with E-state index < -0.39 is 0 Å². The summed E-state index contributed by atoms with van der Waals surface area (Å²) in [4.78, 5) is 14.3. The first-order chi connectivity index (χ1) is 9.60. The van der Waals surface area contributed by atoms with E-state index in [4.69, 9.17) is 10.5 Å². The summed E-state index contributed by atoms with van der Waals surface area (Å²) in [6.07, 6.45) is 2.23. The molecule has 112 valence electrons. The topological polar surface area (TPSA) is 55.6 Å². The summed E-state index contributed by atoms with van der Waals surface area (Å²) in [7, 11) is 1.62. The largest absolute Gasteiger partial charge is 0.495 e. The Morgan fingerprint density at radius 3 is 2.65 bits per heavy atom. The lowest BCUT2D eigenvalue weighted by atomic mass is 10.1. The van der Waals surface area contributed by atoms with Crippen LogP contribution < -0.4 is 15.4 Å². The molecule has 2 N–H and O–H groups in total. The highest BCUT2D eigenvalue weighted by molar-refractivity contribution is 5.94. The lowest BCUT2D eigenvalue weighted by Crippen LogP contribution is -2.33. The van der Waals surface area contributed by atoms with Crippen LogP contribution in [0, 0.1) is 5.92 Å². The third-order valence-electron chi connectivity index (χ3n) is 3.20. The highest BCUT2D eigenvalue weighted by Gasteiger charge is 2.18. The molecule has 0 aliphatic carbocycles. The van der Waals surface area contributed by atoms with Crippen molar-refractivity contribution in [2.75, 3.05) is 25.1 Å². The van der Waals surface area contributed by atoms with Crippen molar-refractivity contribution in [3.8, 4) is 5.75 Å². The van der Waals surface area contributed by atoms with Gasteiger partial charge in [-0.2, -0.15) is 0 Å².